The molecule has 0 radical (unpaired) electrons. The molecular weight excluding hydrogens is 260 g/mol. The number of Topliss-reactive ketones (excluding diaryl/α,β-unsaturated/α-hetero) is 2. The second kappa shape index (κ2) is 5.24. The van der Waals surface area contributed by atoms with E-state index in [1.54, 1.807) is 12.1 Å². The molecule has 0 aromatic heterocycles. The van der Waals surface area contributed by atoms with Crippen LogP contribution in [0, 0.1) is 16.0 Å². The van der Waals surface area contributed by atoms with Crippen LogP contribution < -0.4 is 5.32 Å². The van der Waals surface area contributed by atoms with E-state index in [0.29, 0.717) is 6.54 Å². The molecule has 0 atom stereocenters. The molecule has 104 valence electrons. The van der Waals surface area contributed by atoms with Crippen LogP contribution in [0.1, 0.15) is 34.6 Å². The lowest BCUT2D eigenvalue weighted by Gasteiger charge is -2.17. The lowest BCUT2D eigenvalue weighted by molar-refractivity contribution is -0.418. The Kier molecular flexibility index (Phi) is 3.65. The highest BCUT2D eigenvalue weighted by Gasteiger charge is 2.39. The number of hydrogen-bond acceptors (Lipinski definition) is 5. The number of ketones is 2. The van der Waals surface area contributed by atoms with E-state index in [9.17, 15) is 19.7 Å². The zero-order valence-corrected chi connectivity index (χ0v) is 11.2. The van der Waals surface area contributed by atoms with Crippen LogP contribution in [-0.4, -0.2) is 23.0 Å². The monoisotopic (exact) mass is 274 g/mol. The van der Waals surface area contributed by atoms with Crippen molar-refractivity contribution in [2.75, 3.05) is 6.54 Å². The van der Waals surface area contributed by atoms with Crippen LogP contribution in [0.3, 0.4) is 0 Å². The maximum absolute atomic E-state index is 12.3. The Balaban J connectivity index is 2.54. The standard InChI is InChI=1S/C14H14N2O4/c1-8(2)7-15-11-12(16(19)20)14(18)10-6-4-3-5-9(10)13(11)17/h3-6,8,15H,7H2,1-2H3. The Hall–Kier alpha value is -2.50. The quantitative estimate of drug-likeness (QED) is 0.668. The van der Waals surface area contributed by atoms with Gasteiger partial charge >= 0.3 is 5.70 Å². The number of carbonyl (C=O) groups excluding carboxylic acids is 2. The van der Waals surface area contributed by atoms with Crippen molar-refractivity contribution in [3.8, 4) is 0 Å². The van der Waals surface area contributed by atoms with Gasteiger partial charge in [-0.25, -0.2) is 0 Å². The van der Waals surface area contributed by atoms with E-state index in [1.165, 1.54) is 12.1 Å². The highest BCUT2D eigenvalue weighted by Crippen LogP contribution is 2.25. The number of nitro groups is 1. The summed E-state index contributed by atoms with van der Waals surface area (Å²) in [6.45, 7) is 4.19. The minimum atomic E-state index is -0.793. The van der Waals surface area contributed by atoms with E-state index in [-0.39, 0.29) is 22.7 Å². The van der Waals surface area contributed by atoms with Gasteiger partial charge in [0.05, 0.1) is 4.92 Å². The van der Waals surface area contributed by atoms with Crippen LogP contribution in [0.5, 0.6) is 0 Å². The average molecular weight is 274 g/mol. The average Bonchev–Trinajstić information content (AvgIpc) is 2.40. The fraction of sp³-hybridized carbons (Fsp3) is 0.286. The van der Waals surface area contributed by atoms with Crippen LogP contribution in [0.25, 0.3) is 0 Å². The molecule has 0 saturated carbocycles. The molecule has 0 saturated heterocycles. The fourth-order valence-corrected chi connectivity index (χ4v) is 2.01. The van der Waals surface area contributed by atoms with Crippen molar-refractivity contribution in [1.82, 2.24) is 5.32 Å². The molecule has 20 heavy (non-hydrogen) atoms. The number of nitrogens with zero attached hydrogens (tertiary/aromatic N) is 1. The Labute approximate surface area is 115 Å². The summed E-state index contributed by atoms with van der Waals surface area (Å²) in [6, 6.07) is 6.14. The number of allylic oxidation sites excluding steroid dienone is 2. The van der Waals surface area contributed by atoms with Gasteiger partial charge in [0.1, 0.15) is 0 Å². The van der Waals surface area contributed by atoms with Gasteiger partial charge in [-0.1, -0.05) is 38.1 Å². The molecule has 1 aromatic rings. The molecule has 0 spiro atoms. The van der Waals surface area contributed by atoms with Crippen molar-refractivity contribution < 1.29 is 14.5 Å². The zero-order chi connectivity index (χ0) is 14.9. The van der Waals surface area contributed by atoms with Crippen LogP contribution in [0.2, 0.25) is 0 Å². The number of hydrogen-bond donors (Lipinski definition) is 1. The molecular formula is C14H14N2O4. The summed E-state index contributed by atoms with van der Waals surface area (Å²) < 4.78 is 0. The number of rotatable bonds is 4. The molecule has 1 N–H and O–H groups in total. The summed E-state index contributed by atoms with van der Waals surface area (Å²) in [5.41, 5.74) is -0.601. The predicted molar refractivity (Wildman–Crippen MR) is 72.0 cm³/mol. The first-order valence-corrected chi connectivity index (χ1v) is 6.24. The summed E-state index contributed by atoms with van der Waals surface area (Å²) in [5.74, 6) is -1.04. The van der Waals surface area contributed by atoms with Gasteiger partial charge in [-0.05, 0) is 5.92 Å². The van der Waals surface area contributed by atoms with E-state index in [0.717, 1.165) is 0 Å². The summed E-state index contributed by atoms with van der Waals surface area (Å²) >= 11 is 0. The normalized spacial score (nSPS) is 14.6. The topological polar surface area (TPSA) is 89.3 Å². The number of fused-ring (bicyclic) bond motifs is 1. The Morgan fingerprint density at radius 3 is 2.20 bits per heavy atom. The maximum atomic E-state index is 12.3. The lowest BCUT2D eigenvalue weighted by Crippen LogP contribution is -2.34. The third-order valence-corrected chi connectivity index (χ3v) is 2.96. The summed E-state index contributed by atoms with van der Waals surface area (Å²) in [4.78, 5) is 34.8. The van der Waals surface area contributed by atoms with Gasteiger partial charge in [0, 0.05) is 17.7 Å². The maximum Gasteiger partial charge on any atom is 0.343 e. The number of carbonyl (C=O) groups is 2. The van der Waals surface area contributed by atoms with Crippen molar-refractivity contribution in [2.24, 2.45) is 5.92 Å². The van der Waals surface area contributed by atoms with Crippen molar-refractivity contribution in [1.29, 1.82) is 0 Å². The Morgan fingerprint density at radius 1 is 1.15 bits per heavy atom. The molecule has 6 nitrogen and oxygen atoms in total. The zero-order valence-electron chi connectivity index (χ0n) is 11.2. The van der Waals surface area contributed by atoms with Crippen LogP contribution in [0.15, 0.2) is 35.7 Å². The van der Waals surface area contributed by atoms with Crippen LogP contribution in [0.4, 0.5) is 0 Å². The molecule has 2 rings (SSSR count). The highest BCUT2D eigenvalue weighted by molar-refractivity contribution is 6.25. The minimum absolute atomic E-state index is 0.0827. The molecule has 1 aromatic carbocycles. The molecule has 0 heterocycles. The third-order valence-electron chi connectivity index (χ3n) is 2.96. The highest BCUT2D eigenvalue weighted by atomic mass is 16.6. The molecule has 6 heteroatoms. The Morgan fingerprint density at radius 2 is 1.70 bits per heavy atom. The predicted octanol–water partition coefficient (Wildman–Crippen LogP) is 1.80. The molecule has 0 aliphatic heterocycles. The van der Waals surface area contributed by atoms with Crippen LogP contribution in [-0.2, 0) is 0 Å². The number of nitrogens with one attached hydrogen (secondary N) is 1. The van der Waals surface area contributed by atoms with Gasteiger partial charge in [0.15, 0.2) is 5.70 Å². The molecule has 0 fully saturated rings. The summed E-state index contributed by atoms with van der Waals surface area (Å²) in [7, 11) is 0. The largest absolute Gasteiger partial charge is 0.376 e. The van der Waals surface area contributed by atoms with Crippen molar-refractivity contribution >= 4 is 11.6 Å². The van der Waals surface area contributed by atoms with Crippen LogP contribution >= 0.6 is 0 Å². The van der Waals surface area contributed by atoms with Gasteiger partial charge in [-0.3, -0.25) is 19.7 Å². The summed E-state index contributed by atoms with van der Waals surface area (Å²) in [6.07, 6.45) is 0. The first-order valence-electron chi connectivity index (χ1n) is 6.24. The summed E-state index contributed by atoms with van der Waals surface area (Å²) in [5, 5.41) is 13.9. The smallest absolute Gasteiger partial charge is 0.343 e. The molecule has 0 unspecified atom stereocenters. The minimum Gasteiger partial charge on any atom is -0.376 e. The fourth-order valence-electron chi connectivity index (χ4n) is 2.01. The van der Waals surface area contributed by atoms with Gasteiger partial charge < -0.3 is 5.32 Å². The van der Waals surface area contributed by atoms with E-state index in [1.807, 2.05) is 13.8 Å². The van der Waals surface area contributed by atoms with Gasteiger partial charge in [0.25, 0.3) is 5.78 Å². The second-order valence-corrected chi connectivity index (χ2v) is 4.96. The first kappa shape index (κ1) is 13.9. The van der Waals surface area contributed by atoms with E-state index in [2.05, 4.69) is 5.32 Å². The first-order chi connectivity index (χ1) is 9.43. The van der Waals surface area contributed by atoms with Gasteiger partial charge in [-0.15, -0.1) is 0 Å². The van der Waals surface area contributed by atoms with E-state index >= 15 is 0 Å². The van der Waals surface area contributed by atoms with Gasteiger partial charge in [0.2, 0.25) is 5.78 Å². The SMILES string of the molecule is CC(C)CNC1=C([N+](=O)[O-])C(=O)c2ccccc2C1=O. The van der Waals surface area contributed by atoms with E-state index in [4.69, 9.17) is 0 Å². The molecule has 0 amide bonds. The Bertz CT molecular complexity index is 632. The number of benzene rings is 1. The van der Waals surface area contributed by atoms with Crippen molar-refractivity contribution in [2.45, 2.75) is 13.8 Å². The van der Waals surface area contributed by atoms with E-state index < -0.39 is 22.2 Å². The van der Waals surface area contributed by atoms with Crippen molar-refractivity contribution in [3.05, 3.63) is 56.9 Å². The molecule has 0 bridgehead atoms. The van der Waals surface area contributed by atoms with Gasteiger partial charge in [-0.2, -0.15) is 0 Å². The van der Waals surface area contributed by atoms with Crippen molar-refractivity contribution in [3.63, 3.8) is 0 Å². The lowest BCUT2D eigenvalue weighted by atomic mass is 9.90. The third kappa shape index (κ3) is 2.32. The second-order valence-electron chi connectivity index (χ2n) is 4.96. The molecule has 1 aliphatic carbocycles. The molecule has 1 aliphatic rings.